The molecule has 0 fully saturated rings. The van der Waals surface area contributed by atoms with Gasteiger partial charge in [0.05, 0.1) is 10.9 Å². The number of carbonyl (C=O) groups is 2. The molecule has 6 heteroatoms. The van der Waals surface area contributed by atoms with Gasteiger partial charge in [-0.2, -0.15) is 5.26 Å². The lowest BCUT2D eigenvalue weighted by molar-refractivity contribution is -0.122. The Morgan fingerprint density at radius 1 is 1.39 bits per heavy atom. The lowest BCUT2D eigenvalue weighted by Crippen LogP contribution is -2.35. The van der Waals surface area contributed by atoms with Gasteiger partial charge in [0.2, 0.25) is 5.91 Å². The van der Waals surface area contributed by atoms with Gasteiger partial charge >= 0.3 is 0 Å². The zero-order chi connectivity index (χ0) is 16.7. The largest absolute Gasteiger partial charge is 0.385 e. The highest BCUT2D eigenvalue weighted by molar-refractivity contribution is 7.14. The monoisotopic (exact) mass is 334 g/mol. The molecule has 0 saturated carbocycles. The first kappa shape index (κ1) is 17.6. The fourth-order valence-electron chi connectivity index (χ4n) is 2.70. The van der Waals surface area contributed by atoms with E-state index in [-0.39, 0.29) is 5.78 Å². The number of hydrogen-bond donors (Lipinski definition) is 1. The van der Waals surface area contributed by atoms with Gasteiger partial charge in [0.15, 0.2) is 11.7 Å². The number of hydrogen-bond acceptors (Lipinski definition) is 5. The normalized spacial score (nSPS) is 15.1. The zero-order valence-corrected chi connectivity index (χ0v) is 14.2. The van der Waals surface area contributed by atoms with E-state index in [0.29, 0.717) is 24.4 Å². The van der Waals surface area contributed by atoms with Crippen LogP contribution < -0.4 is 5.32 Å². The second kappa shape index (κ2) is 8.80. The third kappa shape index (κ3) is 4.63. The minimum atomic E-state index is -1.26. The summed E-state index contributed by atoms with van der Waals surface area (Å²) in [7, 11) is 1.59. The summed E-state index contributed by atoms with van der Waals surface area (Å²) in [5.41, 5.74) is 1.22. The predicted molar refractivity (Wildman–Crippen MR) is 88.5 cm³/mol. The van der Waals surface area contributed by atoms with Gasteiger partial charge in [-0.15, -0.1) is 11.3 Å². The van der Waals surface area contributed by atoms with E-state index in [1.165, 1.54) is 28.2 Å². The van der Waals surface area contributed by atoms with Crippen molar-refractivity contribution in [3.63, 3.8) is 0 Å². The third-order valence-corrected chi connectivity index (χ3v) is 5.22. The number of ether oxygens (including phenoxy) is 1. The summed E-state index contributed by atoms with van der Waals surface area (Å²) in [4.78, 5) is 26.3. The minimum absolute atomic E-state index is 0.380. The number of thiophene rings is 1. The molecule has 0 spiro atoms. The van der Waals surface area contributed by atoms with E-state index in [0.717, 1.165) is 25.7 Å². The average molecular weight is 334 g/mol. The van der Waals surface area contributed by atoms with E-state index < -0.39 is 11.8 Å². The van der Waals surface area contributed by atoms with Crippen LogP contribution in [-0.4, -0.2) is 32.0 Å². The third-order valence-electron chi connectivity index (χ3n) is 3.97. The first-order valence-electron chi connectivity index (χ1n) is 7.99. The highest BCUT2D eigenvalue weighted by atomic mass is 32.1. The number of Topliss-reactive ketones (excluding diaryl/α,β-unsaturated/α-hetero) is 1. The summed E-state index contributed by atoms with van der Waals surface area (Å²) >= 11 is 1.45. The molecule has 0 aliphatic heterocycles. The molecule has 1 heterocycles. The maximum absolute atomic E-state index is 12.5. The van der Waals surface area contributed by atoms with Crippen LogP contribution in [0.1, 0.15) is 45.8 Å². The first-order chi connectivity index (χ1) is 11.2. The lowest BCUT2D eigenvalue weighted by Gasteiger charge is -2.08. The van der Waals surface area contributed by atoms with Crippen molar-refractivity contribution in [2.75, 3.05) is 20.3 Å². The number of rotatable bonds is 7. The summed E-state index contributed by atoms with van der Waals surface area (Å²) in [5, 5.41) is 11.9. The van der Waals surface area contributed by atoms with Crippen molar-refractivity contribution < 1.29 is 14.3 Å². The van der Waals surface area contributed by atoms with Crippen LogP contribution in [0.4, 0.5) is 0 Å². The summed E-state index contributed by atoms with van der Waals surface area (Å²) < 4.78 is 4.90. The van der Waals surface area contributed by atoms with E-state index >= 15 is 0 Å². The van der Waals surface area contributed by atoms with Crippen LogP contribution in [0.15, 0.2) is 6.07 Å². The molecule has 1 atom stereocenters. The van der Waals surface area contributed by atoms with E-state index in [4.69, 9.17) is 4.74 Å². The molecule has 0 radical (unpaired) electrons. The Kier molecular flexibility index (Phi) is 6.75. The summed E-state index contributed by atoms with van der Waals surface area (Å²) in [6.07, 6.45) is 6.13. The fourth-order valence-corrected chi connectivity index (χ4v) is 3.92. The Hall–Kier alpha value is -1.71. The molecule has 124 valence electrons. The smallest absolute Gasteiger partial charge is 0.245 e. The average Bonchev–Trinajstić information content (AvgIpc) is 2.83. The maximum atomic E-state index is 12.5. The minimum Gasteiger partial charge on any atom is -0.385 e. The highest BCUT2D eigenvalue weighted by Crippen LogP contribution is 2.30. The molecule has 1 aliphatic rings. The lowest BCUT2D eigenvalue weighted by atomic mass is 10.0. The maximum Gasteiger partial charge on any atom is 0.245 e. The molecule has 1 aliphatic carbocycles. The van der Waals surface area contributed by atoms with E-state index in [1.807, 2.05) is 12.1 Å². The molecule has 0 bridgehead atoms. The van der Waals surface area contributed by atoms with Gasteiger partial charge in [-0.05, 0) is 43.7 Å². The molecule has 0 saturated heterocycles. The topological polar surface area (TPSA) is 79.2 Å². The molecule has 0 unspecified atom stereocenters. The predicted octanol–water partition coefficient (Wildman–Crippen LogP) is 2.49. The van der Waals surface area contributed by atoms with Crippen molar-refractivity contribution in [1.82, 2.24) is 5.32 Å². The molecule has 0 aromatic carbocycles. The standard InChI is InChI=1S/C17H22N2O3S/c1-22-9-5-8-19-17(21)13(11-18)16(20)15-10-12-6-3-2-4-7-14(12)23-15/h10,13H,2-9H2,1H3,(H,19,21)/t13-/m0/s1. The molecular weight excluding hydrogens is 312 g/mol. The van der Waals surface area contributed by atoms with Gasteiger partial charge in [0.25, 0.3) is 0 Å². The molecule has 1 amide bonds. The number of nitrogens with zero attached hydrogens (tertiary/aromatic N) is 1. The number of carbonyl (C=O) groups excluding carboxylic acids is 2. The number of nitriles is 1. The molecule has 1 aromatic heterocycles. The SMILES string of the molecule is COCCCNC(=O)[C@@H](C#N)C(=O)c1cc2c(s1)CCCCC2. The van der Waals surface area contributed by atoms with Crippen molar-refractivity contribution in [1.29, 1.82) is 5.26 Å². The van der Waals surface area contributed by atoms with Crippen molar-refractivity contribution >= 4 is 23.0 Å². The Labute approximate surface area is 140 Å². The van der Waals surface area contributed by atoms with Crippen molar-refractivity contribution in [2.24, 2.45) is 5.92 Å². The van der Waals surface area contributed by atoms with Gasteiger partial charge < -0.3 is 10.1 Å². The van der Waals surface area contributed by atoms with Gasteiger partial charge in [0.1, 0.15) is 0 Å². The molecule has 23 heavy (non-hydrogen) atoms. The first-order valence-corrected chi connectivity index (χ1v) is 8.81. The quantitative estimate of drug-likeness (QED) is 0.360. The fraction of sp³-hybridized carbons (Fsp3) is 0.588. The van der Waals surface area contributed by atoms with Crippen LogP contribution in [0.2, 0.25) is 0 Å². The van der Waals surface area contributed by atoms with Gasteiger partial charge in [-0.3, -0.25) is 9.59 Å². The van der Waals surface area contributed by atoms with E-state index in [2.05, 4.69) is 5.32 Å². The summed E-state index contributed by atoms with van der Waals surface area (Å²) in [5.74, 6) is -2.16. The number of fused-ring (bicyclic) bond motifs is 1. The molecule has 1 N–H and O–H groups in total. The molecular formula is C17H22N2O3S. The number of ketones is 1. The highest BCUT2D eigenvalue weighted by Gasteiger charge is 2.29. The van der Waals surface area contributed by atoms with Gasteiger partial charge in [-0.1, -0.05) is 6.42 Å². The van der Waals surface area contributed by atoms with Crippen molar-refractivity contribution in [3.05, 3.63) is 21.4 Å². The van der Waals surface area contributed by atoms with Crippen molar-refractivity contribution in [2.45, 2.75) is 38.5 Å². The van der Waals surface area contributed by atoms with Gasteiger partial charge in [0, 0.05) is 25.1 Å². The Morgan fingerprint density at radius 2 is 2.17 bits per heavy atom. The molecule has 5 nitrogen and oxygen atoms in total. The van der Waals surface area contributed by atoms with Crippen LogP contribution in [0.25, 0.3) is 0 Å². The Bertz CT molecular complexity index is 580. The number of methoxy groups -OCH3 is 1. The van der Waals surface area contributed by atoms with Crippen LogP contribution in [0.5, 0.6) is 0 Å². The van der Waals surface area contributed by atoms with Crippen LogP contribution in [0, 0.1) is 17.2 Å². The molecule has 2 rings (SSSR count). The Balaban J connectivity index is 2.02. The number of nitrogens with one attached hydrogen (secondary N) is 1. The van der Waals surface area contributed by atoms with E-state index in [9.17, 15) is 14.9 Å². The van der Waals surface area contributed by atoms with Crippen LogP contribution in [0.3, 0.4) is 0 Å². The summed E-state index contributed by atoms with van der Waals surface area (Å²) in [6.45, 7) is 0.933. The molecule has 1 aromatic rings. The number of aryl methyl sites for hydroxylation is 2. The zero-order valence-electron chi connectivity index (χ0n) is 13.4. The summed E-state index contributed by atoms with van der Waals surface area (Å²) in [6, 6.07) is 3.73. The second-order valence-electron chi connectivity index (χ2n) is 5.68. The Morgan fingerprint density at radius 3 is 2.91 bits per heavy atom. The second-order valence-corrected chi connectivity index (χ2v) is 6.82. The van der Waals surface area contributed by atoms with Crippen LogP contribution in [-0.2, 0) is 22.4 Å². The van der Waals surface area contributed by atoms with Gasteiger partial charge in [-0.25, -0.2) is 0 Å². The van der Waals surface area contributed by atoms with E-state index in [1.54, 1.807) is 7.11 Å². The van der Waals surface area contributed by atoms with Crippen molar-refractivity contribution in [3.8, 4) is 6.07 Å². The number of amides is 1. The van der Waals surface area contributed by atoms with Crippen LogP contribution >= 0.6 is 11.3 Å².